The first kappa shape index (κ1) is 15.1. The van der Waals surface area contributed by atoms with E-state index >= 15 is 0 Å². The van der Waals surface area contributed by atoms with Crippen molar-refractivity contribution in [3.8, 4) is 5.82 Å². The molecule has 4 rings (SSSR count). The second kappa shape index (κ2) is 5.26. The number of fused-ring (bicyclic) bond motifs is 2. The molecule has 0 saturated carbocycles. The Morgan fingerprint density at radius 2 is 1.88 bits per heavy atom. The Kier molecular flexibility index (Phi) is 3.17. The summed E-state index contributed by atoms with van der Waals surface area (Å²) in [5.74, 6) is -2.19. The van der Waals surface area contributed by atoms with Crippen LogP contribution in [0, 0.1) is 0 Å². The number of hydrogen-bond acceptors (Lipinski definition) is 5. The number of anilines is 1. The van der Waals surface area contributed by atoms with Gasteiger partial charge in [-0.05, 0) is 24.3 Å². The number of rotatable bonds is 2. The number of amides is 1. The number of pyridine rings is 1. The monoisotopic (exact) mass is 347 g/mol. The molecule has 25 heavy (non-hydrogen) atoms. The van der Waals surface area contributed by atoms with Gasteiger partial charge in [-0.1, -0.05) is 23.4 Å². The predicted molar refractivity (Wildman–Crippen MR) is 80.1 cm³/mol. The fourth-order valence-corrected chi connectivity index (χ4v) is 2.32. The molecule has 0 fully saturated rings. The van der Waals surface area contributed by atoms with Gasteiger partial charge < -0.3 is 0 Å². The first-order chi connectivity index (χ1) is 11.9. The van der Waals surface area contributed by atoms with E-state index in [1.165, 1.54) is 9.20 Å². The summed E-state index contributed by atoms with van der Waals surface area (Å²) in [6.45, 7) is 0. The Labute approximate surface area is 136 Å². The van der Waals surface area contributed by atoms with E-state index in [-0.39, 0.29) is 5.65 Å². The van der Waals surface area contributed by atoms with Gasteiger partial charge in [-0.25, -0.2) is 0 Å². The number of carbonyl (C=O) groups is 1. The zero-order valence-corrected chi connectivity index (χ0v) is 12.3. The number of benzene rings is 1. The Bertz CT molecular complexity index is 1100. The highest BCUT2D eigenvalue weighted by molar-refractivity contribution is 5.93. The van der Waals surface area contributed by atoms with Crippen molar-refractivity contribution in [1.29, 1.82) is 0 Å². The van der Waals surface area contributed by atoms with E-state index < -0.39 is 18.0 Å². The minimum atomic E-state index is -5.03. The van der Waals surface area contributed by atoms with Gasteiger partial charge in [0, 0.05) is 0 Å². The molecule has 0 unspecified atom stereocenters. The van der Waals surface area contributed by atoms with Crippen LogP contribution in [-0.2, 0) is 4.79 Å². The average Bonchev–Trinajstić information content (AvgIpc) is 3.16. The number of nitrogens with one attached hydrogen (secondary N) is 1. The molecule has 4 aromatic rings. The van der Waals surface area contributed by atoms with Gasteiger partial charge >= 0.3 is 12.1 Å². The minimum Gasteiger partial charge on any atom is -0.285 e. The predicted octanol–water partition coefficient (Wildman–Crippen LogP) is 1.96. The minimum absolute atomic E-state index is 0.245. The molecule has 11 heteroatoms. The van der Waals surface area contributed by atoms with Crippen LogP contribution in [0.15, 0.2) is 42.5 Å². The fraction of sp³-hybridized carbons (Fsp3) is 0.0714. The molecule has 0 bridgehead atoms. The molecular formula is C14H8F3N7O. The standard InChI is InChI=1S/C14H8F3N7O/c15-14(16,17)12(25)19-13-18-10-6-3-7-11(24(10)21-13)23-9-5-2-1-4-8(9)20-22-23/h1-7H,(H,19,21,25). The van der Waals surface area contributed by atoms with Crippen molar-refractivity contribution < 1.29 is 18.0 Å². The van der Waals surface area contributed by atoms with Crippen LogP contribution in [-0.4, -0.2) is 41.7 Å². The molecule has 0 atom stereocenters. The van der Waals surface area contributed by atoms with Crippen molar-refractivity contribution in [1.82, 2.24) is 29.6 Å². The number of hydrogen-bond donors (Lipinski definition) is 1. The van der Waals surface area contributed by atoms with E-state index in [0.29, 0.717) is 16.9 Å². The Balaban J connectivity index is 1.82. The summed E-state index contributed by atoms with van der Waals surface area (Å²) < 4.78 is 39.9. The molecule has 1 N–H and O–H groups in total. The topological polar surface area (TPSA) is 90.0 Å². The van der Waals surface area contributed by atoms with E-state index in [1.807, 2.05) is 6.07 Å². The molecule has 8 nitrogen and oxygen atoms in total. The van der Waals surface area contributed by atoms with Crippen LogP contribution < -0.4 is 5.32 Å². The molecule has 0 aliphatic carbocycles. The maximum Gasteiger partial charge on any atom is 0.471 e. The summed E-state index contributed by atoms with van der Waals surface area (Å²) in [4.78, 5) is 14.9. The highest BCUT2D eigenvalue weighted by atomic mass is 19.4. The van der Waals surface area contributed by atoms with Gasteiger partial charge in [-0.3, -0.25) is 10.1 Å². The van der Waals surface area contributed by atoms with E-state index in [2.05, 4.69) is 20.4 Å². The van der Waals surface area contributed by atoms with E-state index in [9.17, 15) is 18.0 Å². The zero-order chi connectivity index (χ0) is 17.6. The van der Waals surface area contributed by atoms with Crippen molar-refractivity contribution in [3.63, 3.8) is 0 Å². The third-order valence-electron chi connectivity index (χ3n) is 3.39. The molecule has 0 saturated heterocycles. The van der Waals surface area contributed by atoms with Crippen LogP contribution in [0.1, 0.15) is 0 Å². The van der Waals surface area contributed by atoms with Gasteiger partial charge in [0.2, 0.25) is 5.95 Å². The third kappa shape index (κ3) is 2.55. The second-order valence-electron chi connectivity index (χ2n) is 5.03. The average molecular weight is 347 g/mol. The summed E-state index contributed by atoms with van der Waals surface area (Å²) in [5.41, 5.74) is 1.58. The van der Waals surface area contributed by atoms with E-state index in [0.717, 1.165) is 0 Å². The smallest absolute Gasteiger partial charge is 0.285 e. The van der Waals surface area contributed by atoms with Crippen LogP contribution in [0.2, 0.25) is 0 Å². The van der Waals surface area contributed by atoms with Gasteiger partial charge in [0.05, 0.1) is 5.52 Å². The molecule has 0 radical (unpaired) electrons. The highest BCUT2D eigenvalue weighted by Crippen LogP contribution is 2.19. The third-order valence-corrected chi connectivity index (χ3v) is 3.39. The van der Waals surface area contributed by atoms with Crippen LogP contribution in [0.25, 0.3) is 22.5 Å². The Morgan fingerprint density at radius 1 is 1.08 bits per heavy atom. The van der Waals surface area contributed by atoms with E-state index in [1.54, 1.807) is 41.7 Å². The van der Waals surface area contributed by atoms with Gasteiger partial charge in [-0.15, -0.1) is 10.2 Å². The van der Waals surface area contributed by atoms with Crippen molar-refractivity contribution in [2.24, 2.45) is 0 Å². The highest BCUT2D eigenvalue weighted by Gasteiger charge is 2.39. The van der Waals surface area contributed by atoms with Crippen molar-refractivity contribution in [2.45, 2.75) is 6.18 Å². The fourth-order valence-electron chi connectivity index (χ4n) is 2.32. The van der Waals surface area contributed by atoms with Crippen molar-refractivity contribution in [2.75, 3.05) is 5.32 Å². The first-order valence-corrected chi connectivity index (χ1v) is 6.98. The van der Waals surface area contributed by atoms with Gasteiger partial charge in [-0.2, -0.15) is 27.4 Å². The number of para-hydroxylation sites is 1. The van der Waals surface area contributed by atoms with Crippen LogP contribution in [0.3, 0.4) is 0 Å². The van der Waals surface area contributed by atoms with Gasteiger partial charge in [0.15, 0.2) is 11.5 Å². The van der Waals surface area contributed by atoms with Crippen LogP contribution in [0.4, 0.5) is 19.1 Å². The van der Waals surface area contributed by atoms with Gasteiger partial charge in [0.1, 0.15) is 5.52 Å². The molecule has 3 aromatic heterocycles. The summed E-state index contributed by atoms with van der Waals surface area (Å²) in [5, 5.41) is 13.6. The number of nitrogens with zero attached hydrogens (tertiary/aromatic N) is 6. The number of aromatic nitrogens is 6. The molecule has 3 heterocycles. The Morgan fingerprint density at radius 3 is 2.68 bits per heavy atom. The lowest BCUT2D eigenvalue weighted by Crippen LogP contribution is -2.30. The molecule has 0 aliphatic heterocycles. The van der Waals surface area contributed by atoms with Crippen LogP contribution in [0.5, 0.6) is 0 Å². The lowest BCUT2D eigenvalue weighted by Gasteiger charge is -2.04. The molecule has 0 aliphatic rings. The maximum absolute atomic E-state index is 12.4. The molecular weight excluding hydrogens is 339 g/mol. The number of halogens is 3. The zero-order valence-electron chi connectivity index (χ0n) is 12.3. The molecule has 1 amide bonds. The second-order valence-corrected chi connectivity index (χ2v) is 5.03. The normalized spacial score (nSPS) is 12.0. The quantitative estimate of drug-likeness (QED) is 0.599. The van der Waals surface area contributed by atoms with Crippen molar-refractivity contribution >= 4 is 28.5 Å². The largest absolute Gasteiger partial charge is 0.471 e. The maximum atomic E-state index is 12.4. The molecule has 0 spiro atoms. The number of carbonyl (C=O) groups excluding carboxylic acids is 1. The summed E-state index contributed by atoms with van der Waals surface area (Å²) in [6, 6.07) is 12.0. The lowest BCUT2D eigenvalue weighted by molar-refractivity contribution is -0.167. The summed E-state index contributed by atoms with van der Waals surface area (Å²) >= 11 is 0. The summed E-state index contributed by atoms with van der Waals surface area (Å²) in [7, 11) is 0. The lowest BCUT2D eigenvalue weighted by atomic mass is 10.3. The summed E-state index contributed by atoms with van der Waals surface area (Å²) in [6.07, 6.45) is -5.03. The van der Waals surface area contributed by atoms with E-state index in [4.69, 9.17) is 0 Å². The Hall–Kier alpha value is -3.50. The first-order valence-electron chi connectivity index (χ1n) is 6.98. The number of alkyl halides is 3. The SMILES string of the molecule is O=C(Nc1nc2cccc(-n3nnc4ccccc43)n2n1)C(F)(F)F. The van der Waals surface area contributed by atoms with Crippen LogP contribution >= 0.6 is 0 Å². The van der Waals surface area contributed by atoms with Crippen molar-refractivity contribution in [3.05, 3.63) is 42.5 Å². The van der Waals surface area contributed by atoms with Gasteiger partial charge in [0.25, 0.3) is 0 Å². The molecule has 1 aromatic carbocycles. The molecule has 126 valence electrons.